The number of hydrogen-bond acceptors (Lipinski definition) is 8. The van der Waals surface area contributed by atoms with Crippen molar-refractivity contribution in [1.29, 1.82) is 0 Å². The first-order chi connectivity index (χ1) is 16.4. The van der Waals surface area contributed by atoms with Gasteiger partial charge >= 0.3 is 0 Å². The first-order valence-corrected chi connectivity index (χ1v) is 11.3. The molecule has 9 nitrogen and oxygen atoms in total. The second kappa shape index (κ2) is 8.79. The van der Waals surface area contributed by atoms with Crippen molar-refractivity contribution >= 4 is 45.9 Å². The number of benzene rings is 2. The molecule has 0 saturated carbocycles. The van der Waals surface area contributed by atoms with Gasteiger partial charge in [-0.2, -0.15) is 0 Å². The van der Waals surface area contributed by atoms with Crippen LogP contribution in [0.3, 0.4) is 0 Å². The van der Waals surface area contributed by atoms with E-state index in [-0.39, 0.29) is 25.6 Å². The summed E-state index contributed by atoms with van der Waals surface area (Å²) >= 11 is 0.857. The number of nitrogens with zero attached hydrogens (tertiary/aromatic N) is 1. The first kappa shape index (κ1) is 21.9. The molecule has 34 heavy (non-hydrogen) atoms. The van der Waals surface area contributed by atoms with Crippen LogP contribution in [0.1, 0.15) is 21.7 Å². The van der Waals surface area contributed by atoms with Crippen LogP contribution in [-0.4, -0.2) is 48.9 Å². The maximum absolute atomic E-state index is 12.7. The van der Waals surface area contributed by atoms with Gasteiger partial charge in [-0.3, -0.25) is 19.3 Å². The van der Waals surface area contributed by atoms with Gasteiger partial charge in [-0.05, 0) is 60.7 Å². The highest BCUT2D eigenvalue weighted by atomic mass is 32.2. The van der Waals surface area contributed by atoms with Crippen molar-refractivity contribution < 1.29 is 33.0 Å². The van der Waals surface area contributed by atoms with E-state index < -0.39 is 17.1 Å². The molecule has 2 aliphatic rings. The monoisotopic (exact) mass is 480 g/mol. The summed E-state index contributed by atoms with van der Waals surface area (Å²) in [6.45, 7) is 2.08. The molecule has 0 aliphatic carbocycles. The lowest BCUT2D eigenvalue weighted by atomic mass is 10.1. The fourth-order valence-corrected chi connectivity index (χ4v) is 4.62. The molecule has 174 valence electrons. The number of carbonyl (C=O) groups is 3. The number of nitrogens with one attached hydrogen (secondary N) is 1. The number of hydrogen-bond donors (Lipinski definition) is 1. The summed E-state index contributed by atoms with van der Waals surface area (Å²) in [4.78, 5) is 39.2. The van der Waals surface area contributed by atoms with Crippen molar-refractivity contribution in [3.8, 4) is 17.2 Å². The van der Waals surface area contributed by atoms with Crippen LogP contribution in [0.5, 0.6) is 17.2 Å². The van der Waals surface area contributed by atoms with E-state index in [0.717, 1.165) is 27.6 Å². The predicted molar refractivity (Wildman–Crippen MR) is 125 cm³/mol. The van der Waals surface area contributed by atoms with Crippen LogP contribution < -0.4 is 19.5 Å². The van der Waals surface area contributed by atoms with Crippen LogP contribution in [0, 0.1) is 6.92 Å². The molecule has 0 spiro atoms. The third-order valence-electron chi connectivity index (χ3n) is 5.54. The summed E-state index contributed by atoms with van der Waals surface area (Å²) in [6, 6.07) is 10.6. The molecule has 2 aromatic carbocycles. The van der Waals surface area contributed by atoms with Gasteiger partial charge in [-0.15, -0.1) is 0 Å². The summed E-state index contributed by atoms with van der Waals surface area (Å²) in [6.07, 6.45) is 1.64. The van der Waals surface area contributed by atoms with Gasteiger partial charge < -0.3 is 23.9 Å². The number of imide groups is 1. The first-order valence-electron chi connectivity index (χ1n) is 10.4. The molecule has 0 radical (unpaired) electrons. The molecule has 1 aromatic heterocycles. The Morgan fingerprint density at radius 2 is 2.00 bits per heavy atom. The minimum atomic E-state index is -0.421. The Morgan fingerprint density at radius 3 is 2.82 bits per heavy atom. The average Bonchev–Trinajstić information content (AvgIpc) is 3.51. The number of furan rings is 1. The molecular formula is C24H20N2O7S. The number of fused-ring (bicyclic) bond motifs is 2. The van der Waals surface area contributed by atoms with Crippen LogP contribution >= 0.6 is 11.8 Å². The lowest BCUT2D eigenvalue weighted by Crippen LogP contribution is -2.37. The minimum Gasteiger partial charge on any atom is -0.497 e. The molecular weight excluding hydrogens is 460 g/mol. The predicted octanol–water partition coefficient (Wildman–Crippen LogP) is 3.94. The van der Waals surface area contributed by atoms with E-state index in [4.69, 9.17) is 18.6 Å². The van der Waals surface area contributed by atoms with Crippen molar-refractivity contribution in [1.82, 2.24) is 10.2 Å². The fraction of sp³-hybridized carbons (Fsp3) is 0.208. The Labute approximate surface area is 198 Å². The number of ether oxygens (including phenoxy) is 3. The Bertz CT molecular complexity index is 1360. The molecule has 0 unspecified atom stereocenters. The van der Waals surface area contributed by atoms with Gasteiger partial charge in [-0.25, -0.2) is 0 Å². The van der Waals surface area contributed by atoms with Crippen molar-refractivity contribution in [3.63, 3.8) is 0 Å². The summed E-state index contributed by atoms with van der Waals surface area (Å²) in [5, 5.41) is 3.11. The normalized spacial score (nSPS) is 16.1. The topological polar surface area (TPSA) is 107 Å². The SMILES string of the molecule is COc1ccc2oc(C(=O)NCCN3C(=O)S/C(=C\c4ccc5c(c4)OCO5)C3=O)c(C)c2c1. The van der Waals surface area contributed by atoms with Gasteiger partial charge in [0.2, 0.25) is 6.79 Å². The van der Waals surface area contributed by atoms with Crippen molar-refractivity contribution in [2.24, 2.45) is 0 Å². The van der Waals surface area contributed by atoms with E-state index in [9.17, 15) is 14.4 Å². The second-order valence-corrected chi connectivity index (χ2v) is 8.61. The summed E-state index contributed by atoms with van der Waals surface area (Å²) < 4.78 is 21.6. The largest absolute Gasteiger partial charge is 0.497 e. The zero-order valence-electron chi connectivity index (χ0n) is 18.4. The van der Waals surface area contributed by atoms with E-state index in [1.165, 1.54) is 0 Å². The third kappa shape index (κ3) is 3.96. The summed E-state index contributed by atoms with van der Waals surface area (Å²) in [7, 11) is 1.57. The summed E-state index contributed by atoms with van der Waals surface area (Å²) in [5.74, 6) is 1.25. The van der Waals surface area contributed by atoms with Crippen LogP contribution in [-0.2, 0) is 4.79 Å². The van der Waals surface area contributed by atoms with Gasteiger partial charge in [0.15, 0.2) is 17.3 Å². The summed E-state index contributed by atoms with van der Waals surface area (Å²) in [5.41, 5.74) is 1.98. The highest BCUT2D eigenvalue weighted by molar-refractivity contribution is 8.18. The van der Waals surface area contributed by atoms with Crippen molar-refractivity contribution in [2.45, 2.75) is 6.92 Å². The highest BCUT2D eigenvalue weighted by Crippen LogP contribution is 2.36. The number of aryl methyl sites for hydroxylation is 1. The van der Waals surface area contributed by atoms with E-state index in [0.29, 0.717) is 33.3 Å². The highest BCUT2D eigenvalue weighted by Gasteiger charge is 2.35. The standard InChI is InChI=1S/C24H20N2O7S/c1-13-16-11-15(30-2)4-6-17(16)33-21(13)22(27)25-7-8-26-23(28)20(34-24(26)29)10-14-3-5-18-19(9-14)32-12-31-18/h3-6,9-11H,7-8,12H2,1-2H3,(H,25,27)/b20-10-. The Balaban J connectivity index is 1.23. The van der Waals surface area contributed by atoms with Crippen molar-refractivity contribution in [2.75, 3.05) is 27.0 Å². The molecule has 2 aliphatic heterocycles. The van der Waals surface area contributed by atoms with Gasteiger partial charge in [0.1, 0.15) is 11.3 Å². The molecule has 1 fully saturated rings. The van der Waals surface area contributed by atoms with Gasteiger partial charge in [0.25, 0.3) is 17.1 Å². The quantitative estimate of drug-likeness (QED) is 0.529. The second-order valence-electron chi connectivity index (χ2n) is 7.62. The zero-order chi connectivity index (χ0) is 23.8. The molecule has 3 aromatic rings. The Hall–Kier alpha value is -3.92. The minimum absolute atomic E-state index is 0.0436. The Morgan fingerprint density at radius 1 is 1.18 bits per heavy atom. The Kier molecular flexibility index (Phi) is 5.66. The molecule has 1 saturated heterocycles. The van der Waals surface area contributed by atoms with E-state index in [2.05, 4.69) is 5.32 Å². The van der Waals surface area contributed by atoms with Gasteiger partial charge in [0.05, 0.1) is 12.0 Å². The third-order valence-corrected chi connectivity index (χ3v) is 6.45. The molecule has 10 heteroatoms. The average molecular weight is 480 g/mol. The molecule has 3 amide bonds. The van der Waals surface area contributed by atoms with E-state index in [1.54, 1.807) is 56.5 Å². The lowest BCUT2D eigenvalue weighted by Gasteiger charge is -2.12. The molecule has 1 N–H and O–H groups in total. The molecule has 0 bridgehead atoms. The lowest BCUT2D eigenvalue weighted by molar-refractivity contribution is -0.122. The van der Waals surface area contributed by atoms with Gasteiger partial charge in [0, 0.05) is 24.0 Å². The van der Waals surface area contributed by atoms with E-state index in [1.807, 2.05) is 0 Å². The van der Waals surface area contributed by atoms with Crippen LogP contribution in [0.25, 0.3) is 17.0 Å². The number of methoxy groups -OCH3 is 1. The molecule has 5 rings (SSSR count). The van der Waals surface area contributed by atoms with E-state index >= 15 is 0 Å². The van der Waals surface area contributed by atoms with Crippen LogP contribution in [0.4, 0.5) is 4.79 Å². The molecule has 3 heterocycles. The number of amides is 3. The smallest absolute Gasteiger partial charge is 0.293 e. The van der Waals surface area contributed by atoms with Crippen LogP contribution in [0.2, 0.25) is 0 Å². The molecule has 0 atom stereocenters. The number of carbonyl (C=O) groups excluding carboxylic acids is 3. The maximum atomic E-state index is 12.7. The van der Waals surface area contributed by atoms with Crippen LogP contribution in [0.15, 0.2) is 45.7 Å². The van der Waals surface area contributed by atoms with Gasteiger partial charge in [-0.1, -0.05) is 6.07 Å². The fourth-order valence-electron chi connectivity index (χ4n) is 3.75. The van der Waals surface area contributed by atoms with Crippen molar-refractivity contribution in [3.05, 3.63) is 58.2 Å². The number of rotatable bonds is 6. The zero-order valence-corrected chi connectivity index (χ0v) is 19.2. The number of thioether (sulfide) groups is 1. The maximum Gasteiger partial charge on any atom is 0.293 e.